The normalized spacial score (nSPS) is 15.2. The first kappa shape index (κ1) is 23.8. The molecule has 0 saturated heterocycles. The van der Waals surface area contributed by atoms with Gasteiger partial charge in [-0.05, 0) is 38.0 Å². The lowest BCUT2D eigenvalue weighted by Crippen LogP contribution is -2.37. The summed E-state index contributed by atoms with van der Waals surface area (Å²) in [6.45, 7) is 1.97. The number of rotatable bonds is 8. The van der Waals surface area contributed by atoms with Crippen LogP contribution in [0.1, 0.15) is 39.0 Å². The highest BCUT2D eigenvalue weighted by atomic mass is 35.5. The van der Waals surface area contributed by atoms with Gasteiger partial charge in [-0.1, -0.05) is 42.2 Å². The van der Waals surface area contributed by atoms with Crippen LogP contribution in [0, 0.1) is 0 Å². The van der Waals surface area contributed by atoms with Crippen molar-refractivity contribution in [1.82, 2.24) is 9.88 Å². The maximum atomic E-state index is 12.4. The minimum atomic E-state index is -0.403. The van der Waals surface area contributed by atoms with Crippen LogP contribution in [0.2, 0.25) is 5.02 Å². The third-order valence-corrected chi connectivity index (χ3v) is 7.08. The van der Waals surface area contributed by atoms with Gasteiger partial charge in [-0.3, -0.25) is 14.4 Å². The molecule has 0 unspecified atom stereocenters. The van der Waals surface area contributed by atoms with Crippen LogP contribution >= 0.6 is 34.7 Å². The van der Waals surface area contributed by atoms with Crippen molar-refractivity contribution in [1.29, 1.82) is 0 Å². The number of benzene rings is 1. The number of ether oxygens (including phenoxy) is 1. The Morgan fingerprint density at radius 3 is 2.77 bits per heavy atom. The van der Waals surface area contributed by atoms with E-state index in [1.807, 2.05) is 0 Å². The molecule has 1 aromatic carbocycles. The van der Waals surface area contributed by atoms with E-state index in [1.54, 1.807) is 29.7 Å². The molecule has 1 heterocycles. The van der Waals surface area contributed by atoms with Crippen molar-refractivity contribution < 1.29 is 19.1 Å². The number of halogens is 1. The van der Waals surface area contributed by atoms with Gasteiger partial charge in [0.15, 0.2) is 4.80 Å². The highest BCUT2D eigenvalue weighted by molar-refractivity contribution is 8.00. The number of thiazole rings is 1. The first-order chi connectivity index (χ1) is 15.0. The first-order valence-electron chi connectivity index (χ1n) is 10.4. The van der Waals surface area contributed by atoms with Crippen molar-refractivity contribution in [3.63, 3.8) is 0 Å². The second-order valence-corrected chi connectivity index (χ2v) is 9.72. The third-order valence-electron chi connectivity index (χ3n) is 4.89. The summed E-state index contributed by atoms with van der Waals surface area (Å²) in [6, 6.07) is 5.55. The lowest BCUT2D eigenvalue weighted by Gasteiger charge is -2.22. The number of carbonyl (C=O) groups excluding carboxylic acids is 3. The SMILES string of the molecule is CCOC(=O)Cn1c(=NC(=O)CSCC(=O)NC2CCCCC2)sc2cc(Cl)ccc21. The molecule has 2 amide bonds. The predicted molar refractivity (Wildman–Crippen MR) is 124 cm³/mol. The van der Waals surface area contributed by atoms with Crippen LogP contribution in [-0.2, 0) is 25.7 Å². The first-order valence-corrected chi connectivity index (χ1v) is 12.7. The minimum absolute atomic E-state index is 0.0430. The van der Waals surface area contributed by atoms with Crippen molar-refractivity contribution in [3.8, 4) is 0 Å². The molecule has 31 heavy (non-hydrogen) atoms. The summed E-state index contributed by atoms with van der Waals surface area (Å²) in [5.74, 6) is -0.487. The van der Waals surface area contributed by atoms with Crippen molar-refractivity contribution >= 4 is 62.7 Å². The molecule has 10 heteroatoms. The zero-order chi connectivity index (χ0) is 22.2. The van der Waals surface area contributed by atoms with Gasteiger partial charge in [0, 0.05) is 11.1 Å². The van der Waals surface area contributed by atoms with E-state index in [0.29, 0.717) is 9.82 Å². The molecule has 0 atom stereocenters. The molecule has 3 rings (SSSR count). The molecule has 0 spiro atoms. The van der Waals surface area contributed by atoms with Gasteiger partial charge in [0.1, 0.15) is 6.54 Å². The Labute approximate surface area is 194 Å². The molecule has 1 fully saturated rings. The van der Waals surface area contributed by atoms with E-state index in [4.69, 9.17) is 16.3 Å². The summed E-state index contributed by atoms with van der Waals surface area (Å²) in [7, 11) is 0. The second kappa shape index (κ2) is 11.7. The number of carbonyl (C=O) groups is 3. The fourth-order valence-electron chi connectivity index (χ4n) is 3.51. The van der Waals surface area contributed by atoms with Crippen molar-refractivity contribution in [2.45, 2.75) is 51.6 Å². The number of nitrogens with zero attached hydrogens (tertiary/aromatic N) is 2. The van der Waals surface area contributed by atoms with E-state index in [-0.39, 0.29) is 42.5 Å². The highest BCUT2D eigenvalue weighted by Crippen LogP contribution is 2.22. The predicted octanol–water partition coefficient (Wildman–Crippen LogP) is 3.53. The Bertz CT molecular complexity index is 1010. The Hall–Kier alpha value is -1.84. The molecule has 1 aromatic heterocycles. The summed E-state index contributed by atoms with van der Waals surface area (Å²) in [5.41, 5.74) is 0.758. The van der Waals surface area contributed by atoms with E-state index in [9.17, 15) is 14.4 Å². The average Bonchev–Trinajstić information content (AvgIpc) is 3.04. The van der Waals surface area contributed by atoms with Crippen LogP contribution in [0.5, 0.6) is 0 Å². The van der Waals surface area contributed by atoms with Crippen LogP contribution in [-0.4, -0.2) is 46.5 Å². The Morgan fingerprint density at radius 1 is 1.26 bits per heavy atom. The average molecular weight is 484 g/mol. The summed E-state index contributed by atoms with van der Waals surface area (Å²) >= 11 is 8.60. The van der Waals surface area contributed by atoms with Gasteiger partial charge in [-0.25, -0.2) is 0 Å². The zero-order valence-electron chi connectivity index (χ0n) is 17.4. The molecular weight excluding hydrogens is 458 g/mol. The van der Waals surface area contributed by atoms with E-state index in [2.05, 4.69) is 10.3 Å². The van der Waals surface area contributed by atoms with Crippen LogP contribution in [0.3, 0.4) is 0 Å². The molecule has 2 aromatic rings. The molecule has 168 valence electrons. The Balaban J connectivity index is 1.65. The van der Waals surface area contributed by atoms with Gasteiger partial charge >= 0.3 is 5.97 Å². The zero-order valence-corrected chi connectivity index (χ0v) is 19.8. The van der Waals surface area contributed by atoms with E-state index in [0.717, 1.165) is 35.9 Å². The standard InChI is InChI=1S/C21H26ClN3O4S2/c1-2-29-20(28)11-25-16-9-8-14(22)10-17(16)31-21(25)24-19(27)13-30-12-18(26)23-15-6-4-3-5-7-15/h8-10,15H,2-7,11-13H2,1H3,(H,23,26). The van der Waals surface area contributed by atoms with Gasteiger partial charge in [0.05, 0.1) is 28.3 Å². The third kappa shape index (κ3) is 7.08. The van der Waals surface area contributed by atoms with Crippen molar-refractivity contribution in [2.24, 2.45) is 4.99 Å². The number of thioether (sulfide) groups is 1. The Kier molecular flexibility index (Phi) is 8.98. The van der Waals surface area contributed by atoms with Crippen LogP contribution < -0.4 is 10.1 Å². The van der Waals surface area contributed by atoms with Crippen LogP contribution in [0.25, 0.3) is 10.2 Å². The number of aromatic nitrogens is 1. The molecule has 1 aliphatic carbocycles. The topological polar surface area (TPSA) is 89.8 Å². The largest absolute Gasteiger partial charge is 0.465 e. The molecule has 1 saturated carbocycles. The number of amides is 2. The summed E-state index contributed by atoms with van der Waals surface area (Å²) in [4.78, 5) is 41.1. The van der Waals surface area contributed by atoms with Gasteiger partial charge in [-0.2, -0.15) is 4.99 Å². The molecule has 1 aliphatic rings. The highest BCUT2D eigenvalue weighted by Gasteiger charge is 2.16. The maximum absolute atomic E-state index is 12.4. The van der Waals surface area contributed by atoms with E-state index < -0.39 is 5.97 Å². The van der Waals surface area contributed by atoms with Crippen LogP contribution in [0.4, 0.5) is 0 Å². The lowest BCUT2D eigenvalue weighted by molar-refractivity contribution is -0.143. The Morgan fingerprint density at radius 2 is 2.03 bits per heavy atom. The summed E-state index contributed by atoms with van der Waals surface area (Å²) in [5, 5.41) is 3.60. The molecule has 0 radical (unpaired) electrons. The van der Waals surface area contributed by atoms with Crippen molar-refractivity contribution in [2.75, 3.05) is 18.1 Å². The second-order valence-electron chi connectivity index (χ2n) is 7.29. The van der Waals surface area contributed by atoms with E-state index in [1.165, 1.54) is 29.5 Å². The molecule has 0 bridgehead atoms. The van der Waals surface area contributed by atoms with E-state index >= 15 is 0 Å². The minimum Gasteiger partial charge on any atom is -0.465 e. The van der Waals surface area contributed by atoms with Gasteiger partial charge in [-0.15, -0.1) is 11.8 Å². The molecule has 1 N–H and O–H groups in total. The number of hydrogen-bond acceptors (Lipinski definition) is 6. The molecule has 7 nitrogen and oxygen atoms in total. The summed E-state index contributed by atoms with van der Waals surface area (Å²) < 4.78 is 7.53. The lowest BCUT2D eigenvalue weighted by atomic mass is 9.95. The van der Waals surface area contributed by atoms with Crippen molar-refractivity contribution in [3.05, 3.63) is 28.0 Å². The number of fused-ring (bicyclic) bond motifs is 1. The fraction of sp³-hybridized carbons (Fsp3) is 0.524. The van der Waals surface area contributed by atoms with Gasteiger partial charge < -0.3 is 14.6 Å². The summed E-state index contributed by atoms with van der Waals surface area (Å²) in [6.07, 6.45) is 5.60. The van der Waals surface area contributed by atoms with Gasteiger partial charge in [0.2, 0.25) is 5.91 Å². The number of esters is 1. The quantitative estimate of drug-likeness (QED) is 0.580. The number of hydrogen-bond donors (Lipinski definition) is 1. The smallest absolute Gasteiger partial charge is 0.326 e. The van der Waals surface area contributed by atoms with Crippen LogP contribution in [0.15, 0.2) is 23.2 Å². The maximum Gasteiger partial charge on any atom is 0.326 e. The number of nitrogens with one attached hydrogen (secondary N) is 1. The monoisotopic (exact) mass is 483 g/mol. The molecular formula is C21H26ClN3O4S2. The fourth-order valence-corrected chi connectivity index (χ4v) is 5.44. The van der Waals surface area contributed by atoms with Gasteiger partial charge in [0.25, 0.3) is 5.91 Å². The molecule has 0 aliphatic heterocycles.